The topological polar surface area (TPSA) is 133 Å². The van der Waals surface area contributed by atoms with Crippen LogP contribution in [0.4, 0.5) is 0 Å². The summed E-state index contributed by atoms with van der Waals surface area (Å²) in [6.07, 6.45) is -0.177. The molecule has 0 bridgehead atoms. The lowest BCUT2D eigenvalue weighted by Gasteiger charge is -2.17. The van der Waals surface area contributed by atoms with Crippen molar-refractivity contribution >= 4 is 0 Å². The Kier molecular flexibility index (Phi) is 3.70. The van der Waals surface area contributed by atoms with E-state index in [0.29, 0.717) is 18.4 Å². The van der Waals surface area contributed by atoms with Crippen LogP contribution < -0.4 is 11.2 Å². The number of nitrogens with one attached hydrogen (secondary N) is 1. The van der Waals surface area contributed by atoms with Gasteiger partial charge in [-0.1, -0.05) is 5.11 Å². The van der Waals surface area contributed by atoms with E-state index in [1.807, 2.05) is 0 Å². The smallest absolute Gasteiger partial charge is 0.330 e. The number of rotatable bonds is 3. The number of azide groups is 1. The molecule has 2 rings (SSSR count). The van der Waals surface area contributed by atoms with Crippen molar-refractivity contribution in [3.05, 3.63) is 43.0 Å². The standard InChI is InChI=1S/C10H13N5O4/c1-5-4-15(10(18)12-8(5)16)7-3-2-6(19-7)9(17)13-14-11/h4,6-7,9,17H,2-3H2,1H3,(H,12,16,18)/t6-,7+,9?/m0/s1. The maximum atomic E-state index is 11.7. The highest BCUT2D eigenvalue weighted by Crippen LogP contribution is 2.29. The molecular formula is C10H13N5O4. The van der Waals surface area contributed by atoms with Crippen LogP contribution >= 0.6 is 0 Å². The number of nitrogens with zero attached hydrogens (tertiary/aromatic N) is 4. The molecule has 1 aliphatic rings. The van der Waals surface area contributed by atoms with E-state index in [-0.39, 0.29) is 0 Å². The molecule has 1 saturated heterocycles. The van der Waals surface area contributed by atoms with Crippen LogP contribution in [-0.4, -0.2) is 27.0 Å². The maximum absolute atomic E-state index is 11.7. The van der Waals surface area contributed by atoms with E-state index in [1.54, 1.807) is 6.92 Å². The quantitative estimate of drug-likeness (QED) is 0.458. The van der Waals surface area contributed by atoms with Crippen molar-refractivity contribution in [1.82, 2.24) is 9.55 Å². The summed E-state index contributed by atoms with van der Waals surface area (Å²) < 4.78 is 6.73. The lowest BCUT2D eigenvalue weighted by atomic mass is 10.2. The number of aliphatic hydroxyl groups is 1. The van der Waals surface area contributed by atoms with Crippen molar-refractivity contribution in [1.29, 1.82) is 0 Å². The van der Waals surface area contributed by atoms with Crippen LogP contribution in [0.1, 0.15) is 24.6 Å². The summed E-state index contributed by atoms with van der Waals surface area (Å²) in [5, 5.41) is 12.6. The molecule has 102 valence electrons. The Bertz CT molecular complexity index is 630. The Morgan fingerprint density at radius 3 is 3.05 bits per heavy atom. The van der Waals surface area contributed by atoms with Gasteiger partial charge in [-0.05, 0) is 25.3 Å². The Hall–Kier alpha value is -2.09. The van der Waals surface area contributed by atoms with Gasteiger partial charge in [0, 0.05) is 16.7 Å². The summed E-state index contributed by atoms with van der Waals surface area (Å²) in [6.45, 7) is 1.58. The molecule has 19 heavy (non-hydrogen) atoms. The van der Waals surface area contributed by atoms with E-state index in [0.717, 1.165) is 0 Å². The van der Waals surface area contributed by atoms with Crippen LogP contribution in [0, 0.1) is 6.92 Å². The van der Waals surface area contributed by atoms with Gasteiger partial charge in [-0.25, -0.2) is 4.79 Å². The molecule has 9 nitrogen and oxygen atoms in total. The second-order valence-electron chi connectivity index (χ2n) is 4.30. The molecule has 1 fully saturated rings. The molecule has 0 aromatic carbocycles. The van der Waals surface area contributed by atoms with Gasteiger partial charge in [0.1, 0.15) is 6.23 Å². The molecule has 0 radical (unpaired) electrons. The van der Waals surface area contributed by atoms with Crippen LogP contribution in [0.15, 0.2) is 20.9 Å². The van der Waals surface area contributed by atoms with Crippen LogP contribution in [0.3, 0.4) is 0 Å². The number of aliphatic hydroxyl groups excluding tert-OH is 1. The van der Waals surface area contributed by atoms with Gasteiger partial charge < -0.3 is 9.84 Å². The summed E-state index contributed by atoms with van der Waals surface area (Å²) in [5.41, 5.74) is 7.62. The Balaban J connectivity index is 2.22. The number of aromatic nitrogens is 2. The maximum Gasteiger partial charge on any atom is 0.330 e. The van der Waals surface area contributed by atoms with Gasteiger partial charge in [0.2, 0.25) is 0 Å². The van der Waals surface area contributed by atoms with Crippen LogP contribution in [0.2, 0.25) is 0 Å². The molecule has 0 aliphatic carbocycles. The minimum atomic E-state index is -1.28. The van der Waals surface area contributed by atoms with Crippen molar-refractivity contribution in [2.45, 2.75) is 38.3 Å². The summed E-state index contributed by atoms with van der Waals surface area (Å²) in [6, 6.07) is 0. The third-order valence-corrected chi connectivity index (χ3v) is 2.99. The fraction of sp³-hybridized carbons (Fsp3) is 0.600. The SMILES string of the molecule is Cc1cn([C@H]2CC[C@@H](C(O)N=[N+]=[N-])O2)c(=O)[nH]c1=O. The summed E-state index contributed by atoms with van der Waals surface area (Å²) in [7, 11) is 0. The Morgan fingerprint density at radius 2 is 2.37 bits per heavy atom. The van der Waals surface area contributed by atoms with Crippen molar-refractivity contribution in [3.63, 3.8) is 0 Å². The first-order valence-electron chi connectivity index (χ1n) is 5.72. The number of hydrogen-bond acceptors (Lipinski definition) is 5. The number of ether oxygens (including phenoxy) is 1. The predicted octanol–water partition coefficient (Wildman–Crippen LogP) is 0.151. The normalized spacial score (nSPS) is 23.9. The zero-order chi connectivity index (χ0) is 14.0. The third-order valence-electron chi connectivity index (χ3n) is 2.99. The summed E-state index contributed by atoms with van der Waals surface area (Å²) in [4.78, 5) is 27.6. The summed E-state index contributed by atoms with van der Waals surface area (Å²) in [5.74, 6) is 0. The first kappa shape index (κ1) is 13.3. The van der Waals surface area contributed by atoms with E-state index in [4.69, 9.17) is 10.3 Å². The lowest BCUT2D eigenvalue weighted by Crippen LogP contribution is -2.34. The molecule has 0 saturated carbocycles. The van der Waals surface area contributed by atoms with Crippen LogP contribution in [0.25, 0.3) is 10.4 Å². The largest absolute Gasteiger partial charge is 0.384 e. The zero-order valence-electron chi connectivity index (χ0n) is 10.2. The molecule has 2 heterocycles. The third kappa shape index (κ3) is 2.68. The van der Waals surface area contributed by atoms with Gasteiger partial charge >= 0.3 is 5.69 Å². The highest BCUT2D eigenvalue weighted by Gasteiger charge is 2.31. The lowest BCUT2D eigenvalue weighted by molar-refractivity contribution is -0.0582. The molecule has 1 unspecified atom stereocenters. The van der Waals surface area contributed by atoms with Crippen LogP contribution in [-0.2, 0) is 4.74 Å². The number of aromatic amines is 1. The van der Waals surface area contributed by atoms with E-state index in [1.165, 1.54) is 10.8 Å². The molecule has 0 spiro atoms. The molecule has 9 heteroatoms. The van der Waals surface area contributed by atoms with Crippen molar-refractivity contribution < 1.29 is 9.84 Å². The Morgan fingerprint density at radius 1 is 1.63 bits per heavy atom. The van der Waals surface area contributed by atoms with E-state index in [9.17, 15) is 14.7 Å². The molecular weight excluding hydrogens is 254 g/mol. The van der Waals surface area contributed by atoms with Crippen molar-refractivity contribution in [2.24, 2.45) is 5.11 Å². The molecule has 1 aromatic heterocycles. The monoisotopic (exact) mass is 267 g/mol. The average Bonchev–Trinajstić information content (AvgIpc) is 2.83. The van der Waals surface area contributed by atoms with E-state index < -0.39 is 29.8 Å². The number of aryl methyl sites for hydroxylation is 1. The second-order valence-corrected chi connectivity index (χ2v) is 4.30. The number of H-pyrrole nitrogens is 1. The van der Waals surface area contributed by atoms with Gasteiger partial charge in [0.15, 0.2) is 6.23 Å². The average molecular weight is 267 g/mol. The highest BCUT2D eigenvalue weighted by atomic mass is 16.5. The van der Waals surface area contributed by atoms with Crippen LogP contribution in [0.5, 0.6) is 0 Å². The zero-order valence-corrected chi connectivity index (χ0v) is 10.2. The van der Waals surface area contributed by atoms with Gasteiger partial charge in [0.05, 0.1) is 6.10 Å². The van der Waals surface area contributed by atoms with Gasteiger partial charge in [-0.2, -0.15) is 0 Å². The molecule has 3 atom stereocenters. The Labute approximate surface area is 107 Å². The number of hydrogen-bond donors (Lipinski definition) is 2. The van der Waals surface area contributed by atoms with E-state index >= 15 is 0 Å². The van der Waals surface area contributed by atoms with Gasteiger partial charge in [0.25, 0.3) is 5.56 Å². The van der Waals surface area contributed by atoms with Crippen molar-refractivity contribution in [3.8, 4) is 0 Å². The van der Waals surface area contributed by atoms with Gasteiger partial charge in [-0.15, -0.1) is 0 Å². The second kappa shape index (κ2) is 5.27. The fourth-order valence-electron chi connectivity index (χ4n) is 2.00. The highest BCUT2D eigenvalue weighted by molar-refractivity contribution is 5.01. The van der Waals surface area contributed by atoms with Gasteiger partial charge in [-0.3, -0.25) is 14.3 Å². The van der Waals surface area contributed by atoms with E-state index in [2.05, 4.69) is 15.0 Å². The molecule has 1 aromatic rings. The molecule has 2 N–H and O–H groups in total. The predicted molar refractivity (Wildman–Crippen MR) is 64.4 cm³/mol. The minimum Gasteiger partial charge on any atom is -0.384 e. The minimum absolute atomic E-state index is 0.391. The first-order chi connectivity index (χ1) is 9.02. The molecule has 0 amide bonds. The first-order valence-corrected chi connectivity index (χ1v) is 5.72. The molecule has 1 aliphatic heterocycles. The fourth-order valence-corrected chi connectivity index (χ4v) is 2.00. The summed E-state index contributed by atoms with van der Waals surface area (Å²) >= 11 is 0. The van der Waals surface area contributed by atoms with Crippen molar-refractivity contribution in [2.75, 3.05) is 0 Å².